The molecule has 0 bridgehead atoms. The molecule has 0 radical (unpaired) electrons. The van der Waals surface area contributed by atoms with Crippen molar-refractivity contribution in [2.45, 2.75) is 64.5 Å². The number of hydrogen-bond donors (Lipinski definition) is 2. The Balaban J connectivity index is 1.76. The second-order valence-corrected chi connectivity index (χ2v) is 6.81. The Labute approximate surface area is 134 Å². The summed E-state index contributed by atoms with van der Waals surface area (Å²) in [4.78, 5) is 12.3. The zero-order chi connectivity index (χ0) is 15.9. The highest BCUT2D eigenvalue weighted by atomic mass is 16.2. The molecule has 1 aliphatic rings. The maximum atomic E-state index is 12.3. The second kappa shape index (κ2) is 8.33. The zero-order valence-corrected chi connectivity index (χ0v) is 14.1. The molecule has 4 atom stereocenters. The van der Waals surface area contributed by atoms with Crippen molar-refractivity contribution < 1.29 is 4.79 Å². The van der Waals surface area contributed by atoms with Crippen molar-refractivity contribution in [2.75, 3.05) is 6.54 Å². The summed E-state index contributed by atoms with van der Waals surface area (Å²) in [5, 5.41) is 6.60. The van der Waals surface area contributed by atoms with Crippen LogP contribution in [0.5, 0.6) is 0 Å². The van der Waals surface area contributed by atoms with Gasteiger partial charge in [-0.25, -0.2) is 0 Å². The van der Waals surface area contributed by atoms with Crippen LogP contribution in [0.2, 0.25) is 0 Å². The lowest BCUT2D eigenvalue weighted by Gasteiger charge is -2.32. The molecule has 0 saturated heterocycles. The van der Waals surface area contributed by atoms with Gasteiger partial charge in [0.15, 0.2) is 0 Å². The first-order chi connectivity index (χ1) is 10.6. The summed E-state index contributed by atoms with van der Waals surface area (Å²) in [5.41, 5.74) is 1.27. The molecule has 22 heavy (non-hydrogen) atoms. The molecule has 0 aliphatic heterocycles. The van der Waals surface area contributed by atoms with Gasteiger partial charge in [-0.2, -0.15) is 0 Å². The lowest BCUT2D eigenvalue weighted by atomic mass is 9.85. The molecule has 4 unspecified atom stereocenters. The summed E-state index contributed by atoms with van der Waals surface area (Å²) in [6.45, 7) is 7.11. The number of rotatable bonds is 6. The fourth-order valence-electron chi connectivity index (χ4n) is 3.27. The van der Waals surface area contributed by atoms with Crippen LogP contribution >= 0.6 is 0 Å². The molecular weight excluding hydrogens is 272 g/mol. The maximum absolute atomic E-state index is 12.3. The molecule has 1 aromatic rings. The summed E-state index contributed by atoms with van der Waals surface area (Å²) >= 11 is 0. The van der Waals surface area contributed by atoms with E-state index in [0.29, 0.717) is 24.4 Å². The van der Waals surface area contributed by atoms with E-state index in [0.717, 1.165) is 0 Å². The number of amides is 1. The third-order valence-electron chi connectivity index (χ3n) is 4.92. The highest BCUT2D eigenvalue weighted by Gasteiger charge is 2.24. The summed E-state index contributed by atoms with van der Waals surface area (Å²) in [6.07, 6.45) is 5.08. The third-order valence-corrected chi connectivity index (χ3v) is 4.92. The van der Waals surface area contributed by atoms with Crippen LogP contribution in [0.15, 0.2) is 30.3 Å². The molecule has 1 fully saturated rings. The van der Waals surface area contributed by atoms with Crippen LogP contribution in [-0.4, -0.2) is 24.5 Å². The zero-order valence-electron chi connectivity index (χ0n) is 14.1. The summed E-state index contributed by atoms with van der Waals surface area (Å²) in [6, 6.07) is 10.7. The fourth-order valence-corrected chi connectivity index (χ4v) is 3.27. The Morgan fingerprint density at radius 3 is 2.55 bits per heavy atom. The molecule has 122 valence electrons. The minimum atomic E-state index is -0.117. The van der Waals surface area contributed by atoms with E-state index < -0.39 is 0 Å². The van der Waals surface area contributed by atoms with Gasteiger partial charge >= 0.3 is 0 Å². The summed E-state index contributed by atoms with van der Waals surface area (Å²) < 4.78 is 0. The van der Waals surface area contributed by atoms with Gasteiger partial charge in [-0.1, -0.05) is 57.0 Å². The molecule has 1 aliphatic carbocycles. The van der Waals surface area contributed by atoms with Crippen molar-refractivity contribution in [1.29, 1.82) is 0 Å². The molecule has 0 spiro atoms. The molecule has 1 saturated carbocycles. The van der Waals surface area contributed by atoms with Gasteiger partial charge in [0, 0.05) is 12.6 Å². The Hall–Kier alpha value is -1.35. The minimum Gasteiger partial charge on any atom is -0.354 e. The van der Waals surface area contributed by atoms with E-state index in [1.54, 1.807) is 0 Å². The lowest BCUT2D eigenvalue weighted by molar-refractivity contribution is -0.123. The van der Waals surface area contributed by atoms with Crippen molar-refractivity contribution in [3.63, 3.8) is 0 Å². The van der Waals surface area contributed by atoms with E-state index in [2.05, 4.69) is 36.6 Å². The molecule has 1 amide bonds. The van der Waals surface area contributed by atoms with Gasteiger partial charge in [-0.05, 0) is 37.2 Å². The average molecular weight is 302 g/mol. The normalized spacial score (nSPS) is 24.5. The number of benzene rings is 1. The van der Waals surface area contributed by atoms with E-state index in [1.807, 2.05) is 25.1 Å². The molecule has 2 rings (SSSR count). The van der Waals surface area contributed by atoms with Crippen LogP contribution in [0, 0.1) is 5.92 Å². The van der Waals surface area contributed by atoms with Crippen molar-refractivity contribution in [1.82, 2.24) is 10.6 Å². The average Bonchev–Trinajstić information content (AvgIpc) is 2.55. The molecule has 2 N–H and O–H groups in total. The van der Waals surface area contributed by atoms with Gasteiger partial charge in [0.2, 0.25) is 5.91 Å². The van der Waals surface area contributed by atoms with Gasteiger partial charge in [0.1, 0.15) is 0 Å². The Kier molecular flexibility index (Phi) is 6.44. The van der Waals surface area contributed by atoms with Crippen molar-refractivity contribution in [3.8, 4) is 0 Å². The number of nitrogens with one attached hydrogen (secondary N) is 2. The molecule has 0 aromatic heterocycles. The van der Waals surface area contributed by atoms with Crippen LogP contribution in [0.4, 0.5) is 0 Å². The standard InChI is InChI=1S/C19H30N2O/c1-14-9-7-8-12-18(14)21-16(3)19(22)20-13-15(2)17-10-5-4-6-11-17/h4-6,10-11,14-16,18,21H,7-9,12-13H2,1-3H3,(H,20,22). The van der Waals surface area contributed by atoms with Gasteiger partial charge in [0.25, 0.3) is 0 Å². The molecule has 3 nitrogen and oxygen atoms in total. The monoisotopic (exact) mass is 302 g/mol. The van der Waals surface area contributed by atoms with Crippen LogP contribution in [-0.2, 0) is 4.79 Å². The molecule has 1 aromatic carbocycles. The van der Waals surface area contributed by atoms with E-state index in [1.165, 1.54) is 31.2 Å². The molecule has 0 heterocycles. The van der Waals surface area contributed by atoms with Crippen LogP contribution < -0.4 is 10.6 Å². The van der Waals surface area contributed by atoms with Crippen LogP contribution in [0.3, 0.4) is 0 Å². The van der Waals surface area contributed by atoms with E-state index in [4.69, 9.17) is 0 Å². The van der Waals surface area contributed by atoms with E-state index in [9.17, 15) is 4.79 Å². The van der Waals surface area contributed by atoms with Crippen molar-refractivity contribution in [2.24, 2.45) is 5.92 Å². The molecular formula is C19H30N2O. The first kappa shape index (κ1) is 17.0. The minimum absolute atomic E-state index is 0.112. The maximum Gasteiger partial charge on any atom is 0.236 e. The topological polar surface area (TPSA) is 41.1 Å². The highest BCUT2D eigenvalue weighted by Crippen LogP contribution is 2.24. The van der Waals surface area contributed by atoms with E-state index >= 15 is 0 Å². The SMILES string of the molecule is CC(NC1CCCCC1C)C(=O)NCC(C)c1ccccc1. The Morgan fingerprint density at radius 1 is 1.18 bits per heavy atom. The van der Waals surface area contributed by atoms with Gasteiger partial charge < -0.3 is 10.6 Å². The van der Waals surface area contributed by atoms with Crippen LogP contribution in [0.25, 0.3) is 0 Å². The number of carbonyl (C=O) groups excluding carboxylic acids is 1. The molecule has 3 heteroatoms. The first-order valence-electron chi connectivity index (χ1n) is 8.66. The predicted molar refractivity (Wildman–Crippen MR) is 91.9 cm³/mol. The van der Waals surface area contributed by atoms with E-state index in [-0.39, 0.29) is 11.9 Å². The highest BCUT2D eigenvalue weighted by molar-refractivity contribution is 5.81. The van der Waals surface area contributed by atoms with Gasteiger partial charge in [0.05, 0.1) is 6.04 Å². The number of carbonyl (C=O) groups is 1. The van der Waals surface area contributed by atoms with Gasteiger partial charge in [-0.3, -0.25) is 4.79 Å². The lowest BCUT2D eigenvalue weighted by Crippen LogP contribution is -2.49. The smallest absolute Gasteiger partial charge is 0.236 e. The Bertz CT molecular complexity index is 460. The quantitative estimate of drug-likeness (QED) is 0.845. The second-order valence-electron chi connectivity index (χ2n) is 6.81. The van der Waals surface area contributed by atoms with Crippen molar-refractivity contribution in [3.05, 3.63) is 35.9 Å². The number of hydrogen-bond acceptors (Lipinski definition) is 2. The van der Waals surface area contributed by atoms with Crippen molar-refractivity contribution >= 4 is 5.91 Å². The summed E-state index contributed by atoms with van der Waals surface area (Å²) in [7, 11) is 0. The Morgan fingerprint density at radius 2 is 1.86 bits per heavy atom. The third kappa shape index (κ3) is 4.84. The van der Waals surface area contributed by atoms with Gasteiger partial charge in [-0.15, -0.1) is 0 Å². The predicted octanol–water partition coefficient (Wildman–Crippen LogP) is 3.46. The first-order valence-corrected chi connectivity index (χ1v) is 8.66. The van der Waals surface area contributed by atoms with Crippen LogP contribution in [0.1, 0.15) is 57.9 Å². The largest absolute Gasteiger partial charge is 0.354 e. The fraction of sp³-hybridized carbons (Fsp3) is 0.632. The summed E-state index contributed by atoms with van der Waals surface area (Å²) in [5.74, 6) is 1.12.